The van der Waals surface area contributed by atoms with Gasteiger partial charge in [-0.3, -0.25) is 9.78 Å². The number of alkyl halides is 3. The summed E-state index contributed by atoms with van der Waals surface area (Å²) in [6.07, 6.45) is 5.33. The van der Waals surface area contributed by atoms with Crippen molar-refractivity contribution >= 4 is 11.9 Å². The van der Waals surface area contributed by atoms with Crippen LogP contribution in [0, 0.1) is 11.3 Å². The van der Waals surface area contributed by atoms with Crippen LogP contribution in [0.3, 0.4) is 0 Å². The van der Waals surface area contributed by atoms with Crippen LogP contribution in [0.4, 0.5) is 13.2 Å². The molecule has 0 aromatic carbocycles. The van der Waals surface area contributed by atoms with E-state index in [0.717, 1.165) is 58.1 Å². The highest BCUT2D eigenvalue weighted by atomic mass is 19.4. The predicted octanol–water partition coefficient (Wildman–Crippen LogP) is 3.93. The van der Waals surface area contributed by atoms with Gasteiger partial charge in [-0.05, 0) is 55.6 Å². The lowest BCUT2D eigenvalue weighted by atomic mass is 9.76. The topological polar surface area (TPSA) is 89.0 Å². The number of aromatic nitrogens is 1. The number of carbonyl (C=O) groups is 2. The normalized spacial score (nSPS) is 22.8. The molecule has 0 radical (unpaired) electrons. The first-order valence-electron chi connectivity index (χ1n) is 11.4. The third kappa shape index (κ3) is 7.40. The first-order chi connectivity index (χ1) is 15.7. The van der Waals surface area contributed by atoms with Crippen molar-refractivity contribution in [2.45, 2.75) is 57.2 Å². The minimum atomic E-state index is -5.08. The first-order valence-corrected chi connectivity index (χ1v) is 11.4. The number of halogens is 3. The SMILES string of the molecule is O=C(O)C(F)(F)F.O=C(c1ccccn1)N1CCC2(CC1)COC(COCC1CCCC1)C2. The van der Waals surface area contributed by atoms with Crippen LogP contribution in [0.1, 0.15) is 55.4 Å². The van der Waals surface area contributed by atoms with E-state index in [4.69, 9.17) is 19.4 Å². The number of carboxylic acids is 1. The second-order valence-electron chi connectivity index (χ2n) is 9.14. The van der Waals surface area contributed by atoms with E-state index < -0.39 is 12.1 Å². The van der Waals surface area contributed by atoms with Gasteiger partial charge in [0, 0.05) is 25.9 Å². The van der Waals surface area contributed by atoms with E-state index in [1.807, 2.05) is 17.0 Å². The van der Waals surface area contributed by atoms with E-state index in [1.165, 1.54) is 25.7 Å². The summed E-state index contributed by atoms with van der Waals surface area (Å²) in [6.45, 7) is 4.05. The van der Waals surface area contributed by atoms with Gasteiger partial charge in [0.1, 0.15) is 5.69 Å². The Morgan fingerprint density at radius 3 is 2.42 bits per heavy atom. The summed E-state index contributed by atoms with van der Waals surface area (Å²) in [4.78, 5) is 27.6. The second-order valence-corrected chi connectivity index (χ2v) is 9.14. The maximum Gasteiger partial charge on any atom is 0.490 e. The Morgan fingerprint density at radius 1 is 1.18 bits per heavy atom. The molecule has 4 rings (SSSR count). The van der Waals surface area contributed by atoms with Crippen molar-refractivity contribution in [2.75, 3.05) is 32.9 Å². The van der Waals surface area contributed by atoms with Gasteiger partial charge in [-0.1, -0.05) is 18.9 Å². The molecule has 1 atom stereocenters. The Bertz CT molecular complexity index is 776. The Morgan fingerprint density at radius 2 is 1.85 bits per heavy atom. The molecule has 2 aliphatic heterocycles. The highest BCUT2D eigenvalue weighted by Crippen LogP contribution is 2.42. The second kappa shape index (κ2) is 11.3. The third-order valence-electron chi connectivity index (χ3n) is 6.66. The maximum atomic E-state index is 12.5. The number of carbonyl (C=O) groups excluding carboxylic acids is 1. The van der Waals surface area contributed by atoms with Crippen molar-refractivity contribution in [3.8, 4) is 0 Å². The zero-order chi connectivity index (χ0) is 23.9. The molecule has 1 amide bonds. The number of ether oxygens (including phenoxy) is 2. The molecule has 1 aliphatic carbocycles. The minimum Gasteiger partial charge on any atom is -0.475 e. The molecule has 2 saturated heterocycles. The molecule has 1 unspecified atom stereocenters. The van der Waals surface area contributed by atoms with Crippen LogP contribution >= 0.6 is 0 Å². The number of hydrogen-bond acceptors (Lipinski definition) is 5. The van der Waals surface area contributed by atoms with Gasteiger partial charge >= 0.3 is 12.1 Å². The molecule has 1 saturated carbocycles. The number of rotatable bonds is 5. The highest BCUT2D eigenvalue weighted by molar-refractivity contribution is 5.92. The molecule has 1 aromatic heterocycles. The molecule has 1 spiro atoms. The summed E-state index contributed by atoms with van der Waals surface area (Å²) in [6, 6.07) is 5.50. The van der Waals surface area contributed by atoms with Gasteiger partial charge in [-0.2, -0.15) is 13.2 Å². The molecular formula is C23H31F3N2O5. The Hall–Kier alpha value is -2.20. The van der Waals surface area contributed by atoms with Crippen molar-refractivity contribution in [3.05, 3.63) is 30.1 Å². The number of likely N-dealkylation sites (tertiary alicyclic amines) is 1. The van der Waals surface area contributed by atoms with Crippen LogP contribution in [-0.4, -0.2) is 72.1 Å². The van der Waals surface area contributed by atoms with Crippen LogP contribution in [0.15, 0.2) is 24.4 Å². The van der Waals surface area contributed by atoms with Gasteiger partial charge in [-0.15, -0.1) is 0 Å². The molecule has 3 heterocycles. The van der Waals surface area contributed by atoms with Crippen LogP contribution in [0.5, 0.6) is 0 Å². The number of aliphatic carboxylic acids is 1. The first kappa shape index (κ1) is 25.4. The molecule has 7 nitrogen and oxygen atoms in total. The molecule has 10 heteroatoms. The van der Waals surface area contributed by atoms with Gasteiger partial charge < -0.3 is 19.5 Å². The van der Waals surface area contributed by atoms with Crippen molar-refractivity contribution in [2.24, 2.45) is 11.3 Å². The molecule has 3 aliphatic rings. The lowest BCUT2D eigenvalue weighted by Gasteiger charge is -2.38. The number of piperidine rings is 1. The number of nitrogens with zero attached hydrogens (tertiary/aromatic N) is 2. The highest BCUT2D eigenvalue weighted by Gasteiger charge is 2.43. The van der Waals surface area contributed by atoms with Crippen molar-refractivity contribution in [1.29, 1.82) is 0 Å². The summed E-state index contributed by atoms with van der Waals surface area (Å²) in [5.74, 6) is -1.94. The summed E-state index contributed by atoms with van der Waals surface area (Å²) in [7, 11) is 0. The molecule has 1 N–H and O–H groups in total. The average molecular weight is 473 g/mol. The fraction of sp³-hybridized carbons (Fsp3) is 0.696. The molecule has 33 heavy (non-hydrogen) atoms. The Kier molecular flexibility index (Phi) is 8.69. The minimum absolute atomic E-state index is 0.0517. The quantitative estimate of drug-likeness (QED) is 0.699. The van der Waals surface area contributed by atoms with E-state index in [2.05, 4.69) is 4.98 Å². The van der Waals surface area contributed by atoms with Crippen LogP contribution < -0.4 is 0 Å². The summed E-state index contributed by atoms with van der Waals surface area (Å²) >= 11 is 0. The number of hydrogen-bond donors (Lipinski definition) is 1. The van der Waals surface area contributed by atoms with Gasteiger partial charge in [0.05, 0.1) is 19.3 Å². The fourth-order valence-corrected chi connectivity index (χ4v) is 4.73. The largest absolute Gasteiger partial charge is 0.490 e. The number of amides is 1. The molecule has 184 valence electrons. The maximum absolute atomic E-state index is 12.5. The molecular weight excluding hydrogens is 441 g/mol. The van der Waals surface area contributed by atoms with E-state index in [0.29, 0.717) is 5.69 Å². The van der Waals surface area contributed by atoms with E-state index in [1.54, 1.807) is 12.3 Å². The van der Waals surface area contributed by atoms with Crippen molar-refractivity contribution < 1.29 is 37.3 Å². The van der Waals surface area contributed by atoms with Crippen molar-refractivity contribution in [3.63, 3.8) is 0 Å². The van der Waals surface area contributed by atoms with E-state index in [9.17, 15) is 18.0 Å². The molecule has 1 aromatic rings. The average Bonchev–Trinajstić information content (AvgIpc) is 3.45. The zero-order valence-corrected chi connectivity index (χ0v) is 18.6. The number of carboxylic acid groups (broad SMARTS) is 1. The standard InChI is InChI=1S/C21H30N2O3.C2HF3O2/c24-20(19-7-3-4-10-22-19)23-11-8-21(9-12-23)13-18(26-16-21)15-25-14-17-5-1-2-6-17;3-2(4,5)1(6)7/h3-4,7,10,17-18H,1-2,5-6,8-9,11-16H2;(H,6,7). The van der Waals surface area contributed by atoms with Crippen molar-refractivity contribution in [1.82, 2.24) is 9.88 Å². The predicted molar refractivity (Wildman–Crippen MR) is 113 cm³/mol. The molecule has 0 bridgehead atoms. The lowest BCUT2D eigenvalue weighted by molar-refractivity contribution is -0.192. The Balaban J connectivity index is 0.000000383. The summed E-state index contributed by atoms with van der Waals surface area (Å²) < 4.78 is 43.7. The number of pyridine rings is 1. The van der Waals surface area contributed by atoms with Gasteiger partial charge in [-0.25, -0.2) is 4.79 Å². The van der Waals surface area contributed by atoms with Crippen LogP contribution in [0.25, 0.3) is 0 Å². The smallest absolute Gasteiger partial charge is 0.475 e. The monoisotopic (exact) mass is 472 g/mol. The fourth-order valence-electron chi connectivity index (χ4n) is 4.73. The summed E-state index contributed by atoms with van der Waals surface area (Å²) in [5.41, 5.74) is 0.784. The Labute approximate surface area is 191 Å². The molecule has 3 fully saturated rings. The summed E-state index contributed by atoms with van der Waals surface area (Å²) in [5, 5.41) is 7.12. The van der Waals surface area contributed by atoms with E-state index in [-0.39, 0.29) is 17.4 Å². The van der Waals surface area contributed by atoms with E-state index >= 15 is 0 Å². The van der Waals surface area contributed by atoms with Gasteiger partial charge in [0.2, 0.25) is 0 Å². The van der Waals surface area contributed by atoms with Gasteiger partial charge in [0.15, 0.2) is 0 Å². The van der Waals surface area contributed by atoms with Gasteiger partial charge in [0.25, 0.3) is 5.91 Å². The third-order valence-corrected chi connectivity index (χ3v) is 6.66. The zero-order valence-electron chi connectivity index (χ0n) is 18.6. The lowest BCUT2D eigenvalue weighted by Crippen LogP contribution is -2.43. The van der Waals surface area contributed by atoms with Crippen LogP contribution in [-0.2, 0) is 14.3 Å². The van der Waals surface area contributed by atoms with Crippen LogP contribution in [0.2, 0.25) is 0 Å².